The number of non-ortho nitro benzene ring substituents is 1. The standard InChI is InChI=1S/C22H22N2O7/c1-13(20(26)14-5-7-15(8-6-14)22(2,3)4)30-19(25)12-23-17-10-9-16(24(28)29)11-18(17)31-21(23)27/h5-11,13H,12H2,1-4H3. The van der Waals surface area contributed by atoms with Gasteiger partial charge in [-0.15, -0.1) is 0 Å². The van der Waals surface area contributed by atoms with Crippen LogP contribution >= 0.6 is 0 Å². The van der Waals surface area contributed by atoms with Crippen LogP contribution in [0.3, 0.4) is 0 Å². The van der Waals surface area contributed by atoms with Gasteiger partial charge in [-0.1, -0.05) is 45.0 Å². The molecular formula is C22H22N2O7. The van der Waals surface area contributed by atoms with E-state index < -0.39 is 29.3 Å². The summed E-state index contributed by atoms with van der Waals surface area (Å²) < 4.78 is 11.2. The van der Waals surface area contributed by atoms with E-state index in [9.17, 15) is 24.5 Å². The van der Waals surface area contributed by atoms with E-state index in [0.29, 0.717) is 5.56 Å². The number of ether oxygens (including phenoxy) is 1. The Morgan fingerprint density at radius 2 is 1.81 bits per heavy atom. The average Bonchev–Trinajstić information content (AvgIpc) is 3.01. The van der Waals surface area contributed by atoms with Gasteiger partial charge in [-0.05, 0) is 24.0 Å². The van der Waals surface area contributed by atoms with Gasteiger partial charge in [0.25, 0.3) is 5.69 Å². The zero-order chi connectivity index (χ0) is 22.9. The number of carbonyl (C=O) groups is 2. The van der Waals surface area contributed by atoms with E-state index in [1.54, 1.807) is 12.1 Å². The van der Waals surface area contributed by atoms with Crippen LogP contribution in [0.1, 0.15) is 43.6 Å². The molecule has 0 saturated heterocycles. The molecule has 0 N–H and O–H groups in total. The molecule has 1 aromatic heterocycles. The van der Waals surface area contributed by atoms with Gasteiger partial charge in [0.2, 0.25) is 5.78 Å². The summed E-state index contributed by atoms with van der Waals surface area (Å²) in [5, 5.41) is 10.9. The second-order valence-corrected chi connectivity index (χ2v) is 8.19. The largest absolute Gasteiger partial charge is 0.453 e. The number of carbonyl (C=O) groups excluding carboxylic acids is 2. The molecule has 0 aliphatic rings. The van der Waals surface area contributed by atoms with Crippen LogP contribution in [0.5, 0.6) is 0 Å². The summed E-state index contributed by atoms with van der Waals surface area (Å²) in [4.78, 5) is 47.2. The lowest BCUT2D eigenvalue weighted by Gasteiger charge is -2.19. The number of rotatable bonds is 6. The summed E-state index contributed by atoms with van der Waals surface area (Å²) in [6.07, 6.45) is -1.05. The van der Waals surface area contributed by atoms with Crippen molar-refractivity contribution in [1.29, 1.82) is 0 Å². The van der Waals surface area contributed by atoms with E-state index in [4.69, 9.17) is 9.15 Å². The minimum absolute atomic E-state index is 0.0185. The number of nitro groups is 1. The van der Waals surface area contributed by atoms with Crippen LogP contribution in [0.4, 0.5) is 5.69 Å². The van der Waals surface area contributed by atoms with Gasteiger partial charge in [0.05, 0.1) is 16.5 Å². The molecule has 0 spiro atoms. The molecule has 1 heterocycles. The van der Waals surface area contributed by atoms with Crippen molar-refractivity contribution in [1.82, 2.24) is 4.57 Å². The van der Waals surface area contributed by atoms with Crippen LogP contribution in [0, 0.1) is 10.1 Å². The number of Topliss-reactive ketones (excluding diaryl/α,β-unsaturated/α-hetero) is 1. The fraction of sp³-hybridized carbons (Fsp3) is 0.318. The molecule has 3 rings (SSSR count). The van der Waals surface area contributed by atoms with Crippen molar-refractivity contribution in [3.8, 4) is 0 Å². The highest BCUT2D eigenvalue weighted by molar-refractivity contribution is 6.00. The maximum atomic E-state index is 12.6. The molecule has 0 aliphatic carbocycles. The Bertz CT molecular complexity index is 1210. The van der Waals surface area contributed by atoms with E-state index in [2.05, 4.69) is 20.8 Å². The lowest BCUT2D eigenvalue weighted by Crippen LogP contribution is -2.28. The zero-order valence-electron chi connectivity index (χ0n) is 17.6. The Balaban J connectivity index is 1.72. The molecule has 0 amide bonds. The van der Waals surface area contributed by atoms with Crippen LogP contribution in [0.15, 0.2) is 51.7 Å². The summed E-state index contributed by atoms with van der Waals surface area (Å²) >= 11 is 0. The summed E-state index contributed by atoms with van der Waals surface area (Å²) in [6, 6.07) is 10.7. The Morgan fingerprint density at radius 1 is 1.16 bits per heavy atom. The first kappa shape index (κ1) is 21.9. The van der Waals surface area contributed by atoms with E-state index in [1.807, 2.05) is 12.1 Å². The van der Waals surface area contributed by atoms with Crippen molar-refractivity contribution < 1.29 is 23.7 Å². The second kappa shape index (κ2) is 8.17. The minimum atomic E-state index is -1.05. The molecule has 0 fully saturated rings. The quantitative estimate of drug-likeness (QED) is 0.255. The highest BCUT2D eigenvalue weighted by Crippen LogP contribution is 2.23. The molecule has 1 atom stereocenters. The van der Waals surface area contributed by atoms with Gasteiger partial charge in [-0.3, -0.25) is 24.3 Å². The first-order chi connectivity index (χ1) is 14.5. The highest BCUT2D eigenvalue weighted by atomic mass is 16.6. The Labute approximate surface area is 177 Å². The molecule has 9 heteroatoms. The lowest BCUT2D eigenvalue weighted by molar-refractivity contribution is -0.384. The first-order valence-electron chi connectivity index (χ1n) is 9.59. The molecular weight excluding hydrogens is 404 g/mol. The first-order valence-corrected chi connectivity index (χ1v) is 9.59. The third-order valence-electron chi connectivity index (χ3n) is 4.86. The van der Waals surface area contributed by atoms with E-state index in [0.717, 1.165) is 16.2 Å². The Kier molecular flexibility index (Phi) is 5.79. The van der Waals surface area contributed by atoms with E-state index >= 15 is 0 Å². The molecule has 0 aliphatic heterocycles. The number of nitrogens with zero attached hydrogens (tertiary/aromatic N) is 2. The van der Waals surface area contributed by atoms with Gasteiger partial charge in [0, 0.05) is 11.6 Å². The van der Waals surface area contributed by atoms with Crippen LogP contribution < -0.4 is 5.76 Å². The molecule has 0 saturated carbocycles. The van der Waals surface area contributed by atoms with Crippen LogP contribution in [-0.2, 0) is 21.5 Å². The maximum absolute atomic E-state index is 12.6. The maximum Gasteiger partial charge on any atom is 0.420 e. The van der Waals surface area contributed by atoms with Gasteiger partial charge in [-0.25, -0.2) is 4.79 Å². The summed E-state index contributed by atoms with van der Waals surface area (Å²) in [5.41, 5.74) is 1.37. The molecule has 0 bridgehead atoms. The molecule has 3 aromatic rings. The number of oxazole rings is 1. The van der Waals surface area contributed by atoms with Crippen molar-refractivity contribution in [2.75, 3.05) is 0 Å². The van der Waals surface area contributed by atoms with Crippen molar-refractivity contribution in [3.63, 3.8) is 0 Å². The summed E-state index contributed by atoms with van der Waals surface area (Å²) in [7, 11) is 0. The lowest BCUT2D eigenvalue weighted by atomic mass is 9.86. The van der Waals surface area contributed by atoms with Gasteiger partial charge in [0.15, 0.2) is 11.7 Å². The molecule has 9 nitrogen and oxygen atoms in total. The molecule has 0 radical (unpaired) electrons. The molecule has 1 unspecified atom stereocenters. The fourth-order valence-corrected chi connectivity index (χ4v) is 3.10. The Morgan fingerprint density at radius 3 is 2.39 bits per heavy atom. The van der Waals surface area contributed by atoms with Crippen molar-refractivity contribution in [2.45, 2.75) is 45.8 Å². The highest BCUT2D eigenvalue weighted by Gasteiger charge is 2.23. The number of hydrogen-bond donors (Lipinski definition) is 0. The number of fused-ring (bicyclic) bond motifs is 1. The number of aromatic nitrogens is 1. The third-order valence-corrected chi connectivity index (χ3v) is 4.86. The Hall–Kier alpha value is -3.75. The number of esters is 1. The fourth-order valence-electron chi connectivity index (χ4n) is 3.10. The van der Waals surface area contributed by atoms with Crippen LogP contribution in [0.25, 0.3) is 11.1 Å². The van der Waals surface area contributed by atoms with E-state index in [-0.39, 0.29) is 28.0 Å². The van der Waals surface area contributed by atoms with Crippen LogP contribution in [0.2, 0.25) is 0 Å². The second-order valence-electron chi connectivity index (χ2n) is 8.19. The topological polar surface area (TPSA) is 122 Å². The minimum Gasteiger partial charge on any atom is -0.453 e. The summed E-state index contributed by atoms with van der Waals surface area (Å²) in [5.74, 6) is -2.03. The zero-order valence-corrected chi connectivity index (χ0v) is 17.6. The number of benzene rings is 2. The van der Waals surface area contributed by atoms with Gasteiger partial charge in [-0.2, -0.15) is 0 Å². The van der Waals surface area contributed by atoms with Crippen molar-refractivity contribution in [3.05, 3.63) is 74.3 Å². The number of nitro benzene ring substituents is 1. The average molecular weight is 426 g/mol. The van der Waals surface area contributed by atoms with Crippen LogP contribution in [-0.4, -0.2) is 27.3 Å². The van der Waals surface area contributed by atoms with E-state index in [1.165, 1.54) is 19.1 Å². The van der Waals surface area contributed by atoms with Crippen molar-refractivity contribution in [2.24, 2.45) is 0 Å². The monoisotopic (exact) mass is 426 g/mol. The normalized spacial score (nSPS) is 12.5. The number of hydrogen-bond acceptors (Lipinski definition) is 7. The van der Waals surface area contributed by atoms with Crippen molar-refractivity contribution >= 4 is 28.5 Å². The predicted molar refractivity (Wildman–Crippen MR) is 112 cm³/mol. The molecule has 162 valence electrons. The molecule has 2 aromatic carbocycles. The smallest absolute Gasteiger partial charge is 0.420 e. The third kappa shape index (κ3) is 4.71. The molecule has 31 heavy (non-hydrogen) atoms. The SMILES string of the molecule is CC(OC(=O)Cn1c(=O)oc2cc([N+](=O)[O-])ccc21)C(=O)c1ccc(C(C)(C)C)cc1. The predicted octanol–water partition coefficient (Wildman–Crippen LogP) is 3.61. The number of ketones is 1. The van der Waals surface area contributed by atoms with Gasteiger partial charge >= 0.3 is 11.7 Å². The summed E-state index contributed by atoms with van der Waals surface area (Å²) in [6.45, 7) is 7.15. The van der Waals surface area contributed by atoms with Gasteiger partial charge < -0.3 is 9.15 Å². The van der Waals surface area contributed by atoms with Gasteiger partial charge in [0.1, 0.15) is 6.54 Å².